The number of thiocarbonyl (C=S) groups is 1. The van der Waals surface area contributed by atoms with Gasteiger partial charge < -0.3 is 26.5 Å². The van der Waals surface area contributed by atoms with Gasteiger partial charge in [0.25, 0.3) is 5.11 Å². The lowest BCUT2D eigenvalue weighted by atomic mass is 10.1. The highest BCUT2D eigenvalue weighted by atomic mass is 32.1. The van der Waals surface area contributed by atoms with E-state index in [4.69, 9.17) is 10.8 Å². The van der Waals surface area contributed by atoms with Crippen LogP contribution in [0.3, 0.4) is 0 Å². The molecule has 0 radical (unpaired) electrons. The molecular weight excluding hydrogens is 216 g/mol. The van der Waals surface area contributed by atoms with Crippen molar-refractivity contribution >= 4 is 23.3 Å². The number of benzene rings is 1. The number of carboxylic acid groups (broad SMARTS) is 1. The largest absolute Gasteiger partial charge is 0.547 e. The number of aliphatic carboxylic acids is 1. The second-order valence-electron chi connectivity index (χ2n) is 2.60. The molecule has 1 aromatic rings. The summed E-state index contributed by atoms with van der Waals surface area (Å²) < 4.78 is 0. The standard InChI is InChI=1S/C8H8O3.CH4N2S/c9-7(8(10)11)6-4-2-1-3-5-6;2-1(3)4/h1-5,7,9H,(H,10,11);(H4,2,3,4)/t7-;/m1./s1. The first-order valence-corrected chi connectivity index (χ1v) is 4.41. The zero-order valence-corrected chi connectivity index (χ0v) is 8.74. The molecule has 0 bridgehead atoms. The molecule has 0 amide bonds. The van der Waals surface area contributed by atoms with E-state index in [2.05, 4.69) is 18.0 Å². The Balaban J connectivity index is 0.000000423. The Bertz CT molecular complexity index is 325. The van der Waals surface area contributed by atoms with Gasteiger partial charge in [-0.1, -0.05) is 30.3 Å². The number of carboxylic acids is 1. The first-order valence-electron chi connectivity index (χ1n) is 4.00. The van der Waals surface area contributed by atoms with Crippen LogP contribution >= 0.6 is 12.2 Å². The fourth-order valence-electron chi connectivity index (χ4n) is 0.771. The van der Waals surface area contributed by atoms with Crippen LogP contribution in [0.15, 0.2) is 30.3 Å². The van der Waals surface area contributed by atoms with Crippen molar-refractivity contribution in [1.82, 2.24) is 0 Å². The number of nitrogens with two attached hydrogens (primary N) is 1. The molecule has 82 valence electrons. The van der Waals surface area contributed by atoms with Gasteiger partial charge in [0.1, 0.15) is 6.10 Å². The summed E-state index contributed by atoms with van der Waals surface area (Å²) in [5.74, 6) is -1.48. The molecule has 6 N–H and O–H groups in total. The highest BCUT2D eigenvalue weighted by Gasteiger charge is 2.05. The number of hydrogen-bond acceptors (Lipinski definition) is 4. The van der Waals surface area contributed by atoms with Crippen molar-refractivity contribution in [2.75, 3.05) is 0 Å². The normalized spacial score (nSPS) is 10.8. The van der Waals surface area contributed by atoms with E-state index in [-0.39, 0.29) is 5.11 Å². The van der Waals surface area contributed by atoms with Crippen LogP contribution in [0.4, 0.5) is 0 Å². The maximum atomic E-state index is 10.1. The predicted molar refractivity (Wildman–Crippen MR) is 56.1 cm³/mol. The summed E-state index contributed by atoms with van der Waals surface area (Å²) in [6.07, 6.45) is -1.52. The van der Waals surface area contributed by atoms with Gasteiger partial charge in [-0.15, -0.1) is 0 Å². The molecule has 0 fully saturated rings. The molecule has 0 aliphatic heterocycles. The van der Waals surface area contributed by atoms with E-state index < -0.39 is 12.1 Å². The molecule has 0 aliphatic carbocycles. The molecule has 0 saturated carbocycles. The van der Waals surface area contributed by atoms with Crippen LogP contribution in [0.2, 0.25) is 0 Å². The average Bonchev–Trinajstić information content (AvgIpc) is 2.17. The second kappa shape index (κ2) is 6.88. The third-order valence-electron chi connectivity index (χ3n) is 1.34. The minimum Gasteiger partial charge on any atom is -0.547 e. The summed E-state index contributed by atoms with van der Waals surface area (Å²) in [4.78, 5) is 10.1. The number of rotatable bonds is 2. The van der Waals surface area contributed by atoms with Crippen LogP contribution in [0, 0.1) is 0 Å². The summed E-state index contributed by atoms with van der Waals surface area (Å²) in [5, 5.41) is 19.3. The lowest BCUT2D eigenvalue weighted by Gasteiger charge is -2.10. The minimum absolute atomic E-state index is 0.250. The summed E-state index contributed by atoms with van der Waals surface area (Å²) in [6, 6.07) is 8.11. The zero-order valence-electron chi connectivity index (χ0n) is 7.92. The molecule has 5 nitrogen and oxygen atoms in total. The summed E-state index contributed by atoms with van der Waals surface area (Å²) in [6.45, 7) is 0. The molecular formula is C9H12N2O3S. The van der Waals surface area contributed by atoms with Crippen LogP contribution in [0.25, 0.3) is 0 Å². The van der Waals surface area contributed by atoms with Crippen molar-refractivity contribution in [2.45, 2.75) is 6.10 Å². The van der Waals surface area contributed by atoms with E-state index in [1.54, 1.807) is 18.2 Å². The van der Waals surface area contributed by atoms with Gasteiger partial charge in [-0.3, -0.25) is 0 Å². The SMILES string of the molecule is NC([NH3+])=S.O=C([O-])[C@H](O)c1ccccc1. The molecule has 1 aromatic carbocycles. The lowest BCUT2D eigenvalue weighted by molar-refractivity contribution is -0.315. The molecule has 0 saturated heterocycles. The van der Waals surface area contributed by atoms with Crippen LogP contribution in [-0.2, 0) is 4.79 Å². The van der Waals surface area contributed by atoms with E-state index in [0.717, 1.165) is 0 Å². The van der Waals surface area contributed by atoms with Gasteiger partial charge in [0.2, 0.25) is 0 Å². The molecule has 15 heavy (non-hydrogen) atoms. The third-order valence-corrected chi connectivity index (χ3v) is 1.34. The van der Waals surface area contributed by atoms with Crippen LogP contribution in [-0.4, -0.2) is 16.2 Å². The number of carbonyl (C=O) groups excluding carboxylic acids is 1. The van der Waals surface area contributed by atoms with Crippen molar-refractivity contribution < 1.29 is 20.7 Å². The fraction of sp³-hybridized carbons (Fsp3) is 0.111. The van der Waals surface area contributed by atoms with Gasteiger partial charge in [-0.25, -0.2) is 0 Å². The molecule has 0 heterocycles. The molecule has 0 aliphatic rings. The summed E-state index contributed by atoms with van der Waals surface area (Å²) in [5.41, 5.74) is 8.22. The van der Waals surface area contributed by atoms with E-state index in [1.165, 1.54) is 12.1 Å². The van der Waals surface area contributed by atoms with Gasteiger partial charge in [-0.2, -0.15) is 0 Å². The Hall–Kier alpha value is -1.50. The molecule has 1 atom stereocenters. The van der Waals surface area contributed by atoms with E-state index in [0.29, 0.717) is 5.56 Å². The van der Waals surface area contributed by atoms with E-state index in [9.17, 15) is 9.90 Å². The average molecular weight is 228 g/mol. The zero-order chi connectivity index (χ0) is 11.8. The molecule has 0 aromatic heterocycles. The van der Waals surface area contributed by atoms with Crippen LogP contribution in [0.1, 0.15) is 11.7 Å². The number of hydrogen-bond donors (Lipinski definition) is 3. The van der Waals surface area contributed by atoms with E-state index in [1.807, 2.05) is 0 Å². The Morgan fingerprint density at radius 1 is 1.47 bits per heavy atom. The molecule has 1 rings (SSSR count). The Labute approximate surface area is 92.3 Å². The molecule has 0 unspecified atom stereocenters. The summed E-state index contributed by atoms with van der Waals surface area (Å²) in [7, 11) is 0. The maximum Gasteiger partial charge on any atom is 0.262 e. The second-order valence-corrected chi connectivity index (χ2v) is 3.12. The predicted octanol–water partition coefficient (Wildman–Crippen LogP) is -2.06. The van der Waals surface area contributed by atoms with Crippen molar-refractivity contribution in [3.05, 3.63) is 35.9 Å². The first-order chi connectivity index (χ1) is 6.95. The number of aliphatic hydroxyl groups is 1. The number of aliphatic hydroxyl groups excluding tert-OH is 1. The van der Waals surface area contributed by atoms with Crippen molar-refractivity contribution in [3.8, 4) is 0 Å². The Morgan fingerprint density at radius 2 is 1.87 bits per heavy atom. The molecule has 0 spiro atoms. The lowest BCUT2D eigenvalue weighted by Crippen LogP contribution is -2.60. The first kappa shape index (κ1) is 13.5. The van der Waals surface area contributed by atoms with Gasteiger partial charge in [0.15, 0.2) is 0 Å². The maximum absolute atomic E-state index is 10.1. The number of carbonyl (C=O) groups is 1. The Morgan fingerprint density at radius 3 is 2.20 bits per heavy atom. The fourth-order valence-corrected chi connectivity index (χ4v) is 0.771. The highest BCUT2D eigenvalue weighted by Crippen LogP contribution is 2.09. The monoisotopic (exact) mass is 228 g/mol. The highest BCUT2D eigenvalue weighted by molar-refractivity contribution is 7.79. The Kier molecular flexibility index (Phi) is 6.19. The van der Waals surface area contributed by atoms with E-state index >= 15 is 0 Å². The van der Waals surface area contributed by atoms with Gasteiger partial charge in [-0.05, 0) is 5.56 Å². The topological polar surface area (TPSA) is 114 Å². The van der Waals surface area contributed by atoms with Crippen molar-refractivity contribution in [1.29, 1.82) is 0 Å². The number of quaternary nitrogens is 1. The van der Waals surface area contributed by atoms with Crippen molar-refractivity contribution in [3.63, 3.8) is 0 Å². The minimum atomic E-state index is -1.52. The third kappa shape index (κ3) is 6.55. The molecule has 6 heteroatoms. The van der Waals surface area contributed by atoms with Gasteiger partial charge >= 0.3 is 0 Å². The van der Waals surface area contributed by atoms with Gasteiger partial charge in [0.05, 0.1) is 5.97 Å². The van der Waals surface area contributed by atoms with Crippen molar-refractivity contribution in [2.24, 2.45) is 5.73 Å². The quantitative estimate of drug-likeness (QED) is 0.504. The van der Waals surface area contributed by atoms with Gasteiger partial charge in [0, 0.05) is 12.2 Å². The van der Waals surface area contributed by atoms with Crippen LogP contribution < -0.4 is 16.6 Å². The summed E-state index contributed by atoms with van der Waals surface area (Å²) >= 11 is 4.20. The smallest absolute Gasteiger partial charge is 0.262 e. The van der Waals surface area contributed by atoms with Crippen LogP contribution in [0.5, 0.6) is 0 Å².